The third kappa shape index (κ3) is 2.21. The number of nitrogens with zero attached hydrogens (tertiary/aromatic N) is 2. The molecule has 1 aliphatic rings. The van der Waals surface area contributed by atoms with E-state index in [1.54, 1.807) is 0 Å². The van der Waals surface area contributed by atoms with Gasteiger partial charge in [-0.2, -0.15) is 0 Å². The molecule has 2 rings (SSSR count). The van der Waals surface area contributed by atoms with Gasteiger partial charge in [-0.3, -0.25) is 0 Å². The molecule has 1 aliphatic heterocycles. The van der Waals surface area contributed by atoms with Crippen LogP contribution in [0.5, 0.6) is 0 Å². The largest absolute Gasteiger partial charge is 0.381 e. The van der Waals surface area contributed by atoms with E-state index in [9.17, 15) is 0 Å². The summed E-state index contributed by atoms with van der Waals surface area (Å²) < 4.78 is 7.58. The second kappa shape index (κ2) is 4.77. The van der Waals surface area contributed by atoms with Gasteiger partial charge in [-0.05, 0) is 25.7 Å². The lowest BCUT2D eigenvalue weighted by Gasteiger charge is -2.29. The van der Waals surface area contributed by atoms with Crippen molar-refractivity contribution >= 4 is 0 Å². The van der Waals surface area contributed by atoms with Gasteiger partial charge in [-0.15, -0.1) is 0 Å². The van der Waals surface area contributed by atoms with Gasteiger partial charge in [-0.25, -0.2) is 4.98 Å². The lowest BCUT2D eigenvalue weighted by molar-refractivity contribution is 0.0510. The summed E-state index contributed by atoms with van der Waals surface area (Å²) in [6.07, 6.45) is 6.03. The number of nitrogens with two attached hydrogens (primary N) is 1. The van der Waals surface area contributed by atoms with Gasteiger partial charge in [0, 0.05) is 32.0 Å². The average Bonchev–Trinajstić information content (AvgIpc) is 2.77. The summed E-state index contributed by atoms with van der Waals surface area (Å²) in [5.74, 6) is 0.693. The molecule has 0 aromatic carbocycles. The number of hydrogen-bond acceptors (Lipinski definition) is 3. The number of rotatable bonds is 3. The molecule has 4 heteroatoms. The van der Waals surface area contributed by atoms with E-state index in [-0.39, 0.29) is 0 Å². The Bertz CT molecular complexity index is 305. The molecule has 2 N–H and O–H groups in total. The van der Waals surface area contributed by atoms with Crippen LogP contribution < -0.4 is 5.73 Å². The Morgan fingerprint density at radius 2 is 2.33 bits per heavy atom. The minimum Gasteiger partial charge on any atom is -0.381 e. The van der Waals surface area contributed by atoms with E-state index in [1.807, 2.05) is 12.5 Å². The van der Waals surface area contributed by atoms with E-state index in [1.165, 1.54) is 0 Å². The summed E-state index contributed by atoms with van der Waals surface area (Å²) in [6.45, 7) is 4.59. The summed E-state index contributed by atoms with van der Waals surface area (Å²) in [7, 11) is 0. The third-order valence-electron chi connectivity index (χ3n) is 3.34. The molecule has 2 heterocycles. The highest BCUT2D eigenvalue weighted by atomic mass is 16.5. The number of imidazole rings is 1. The Labute approximate surface area is 90.4 Å². The second-order valence-electron chi connectivity index (χ2n) is 4.19. The van der Waals surface area contributed by atoms with E-state index in [4.69, 9.17) is 10.5 Å². The van der Waals surface area contributed by atoms with Gasteiger partial charge in [0.15, 0.2) is 0 Å². The highest BCUT2D eigenvalue weighted by Crippen LogP contribution is 2.28. The highest BCUT2D eigenvalue weighted by Gasteiger charge is 2.22. The smallest absolute Gasteiger partial charge is 0.0951 e. The lowest BCUT2D eigenvalue weighted by atomic mass is 9.92. The summed E-state index contributed by atoms with van der Waals surface area (Å²) in [5.41, 5.74) is 6.80. The molecule has 1 aromatic heterocycles. The summed E-state index contributed by atoms with van der Waals surface area (Å²) in [4.78, 5) is 4.16. The fourth-order valence-corrected chi connectivity index (χ4v) is 2.28. The van der Waals surface area contributed by atoms with Crippen molar-refractivity contribution < 1.29 is 4.74 Å². The van der Waals surface area contributed by atoms with Crippen LogP contribution in [-0.2, 0) is 11.3 Å². The summed E-state index contributed by atoms with van der Waals surface area (Å²) in [5, 5.41) is 0. The van der Waals surface area contributed by atoms with Gasteiger partial charge in [0.05, 0.1) is 12.0 Å². The van der Waals surface area contributed by atoms with Gasteiger partial charge >= 0.3 is 0 Å². The maximum absolute atomic E-state index is 5.68. The quantitative estimate of drug-likeness (QED) is 0.817. The first-order chi connectivity index (χ1) is 7.33. The molecule has 4 nitrogen and oxygen atoms in total. The summed E-state index contributed by atoms with van der Waals surface area (Å²) >= 11 is 0. The van der Waals surface area contributed by atoms with Gasteiger partial charge < -0.3 is 15.0 Å². The average molecular weight is 209 g/mol. The topological polar surface area (TPSA) is 53.1 Å². The maximum Gasteiger partial charge on any atom is 0.0951 e. The van der Waals surface area contributed by atoms with Crippen LogP contribution in [0, 0.1) is 5.92 Å². The monoisotopic (exact) mass is 209 g/mol. The van der Waals surface area contributed by atoms with Crippen LogP contribution in [0.4, 0.5) is 0 Å². The van der Waals surface area contributed by atoms with Crippen LogP contribution in [0.2, 0.25) is 0 Å². The molecule has 84 valence electrons. The zero-order chi connectivity index (χ0) is 10.7. The first-order valence-electron chi connectivity index (χ1n) is 5.61. The van der Waals surface area contributed by atoms with Gasteiger partial charge in [-0.1, -0.05) is 0 Å². The van der Waals surface area contributed by atoms with Crippen molar-refractivity contribution in [1.82, 2.24) is 9.55 Å². The molecule has 1 aromatic rings. The van der Waals surface area contributed by atoms with Crippen molar-refractivity contribution in [3.05, 3.63) is 18.2 Å². The van der Waals surface area contributed by atoms with Gasteiger partial charge in [0.1, 0.15) is 0 Å². The molecule has 0 spiro atoms. The van der Waals surface area contributed by atoms with Crippen molar-refractivity contribution in [3.8, 4) is 0 Å². The first-order valence-corrected chi connectivity index (χ1v) is 5.61. The van der Waals surface area contributed by atoms with Crippen LogP contribution >= 0.6 is 0 Å². The first kappa shape index (κ1) is 10.6. The van der Waals surface area contributed by atoms with E-state index in [2.05, 4.69) is 16.5 Å². The Kier molecular flexibility index (Phi) is 3.38. The zero-order valence-electron chi connectivity index (χ0n) is 9.22. The van der Waals surface area contributed by atoms with Crippen LogP contribution in [0.3, 0.4) is 0 Å². The molecule has 1 unspecified atom stereocenters. The third-order valence-corrected chi connectivity index (χ3v) is 3.34. The summed E-state index contributed by atoms with van der Waals surface area (Å²) in [6, 6.07) is 0.481. The minimum atomic E-state index is 0.481. The SMILES string of the molecule is CC(C1CCOCC1)n1cncc1CN. The molecule has 1 saturated heterocycles. The van der Waals surface area contributed by atoms with E-state index >= 15 is 0 Å². The molecule has 1 atom stereocenters. The van der Waals surface area contributed by atoms with Crippen molar-refractivity contribution in [3.63, 3.8) is 0 Å². The van der Waals surface area contributed by atoms with Crippen molar-refractivity contribution in [2.75, 3.05) is 13.2 Å². The van der Waals surface area contributed by atoms with Crippen LogP contribution in [-0.4, -0.2) is 22.8 Å². The highest BCUT2D eigenvalue weighted by molar-refractivity contribution is 5.00. The predicted molar refractivity (Wildman–Crippen MR) is 58.4 cm³/mol. The number of aromatic nitrogens is 2. The van der Waals surface area contributed by atoms with Crippen LogP contribution in [0.25, 0.3) is 0 Å². The number of hydrogen-bond donors (Lipinski definition) is 1. The molecular weight excluding hydrogens is 190 g/mol. The second-order valence-corrected chi connectivity index (χ2v) is 4.19. The molecule has 0 bridgehead atoms. The van der Waals surface area contributed by atoms with Crippen molar-refractivity contribution in [2.45, 2.75) is 32.4 Å². The molecule has 0 radical (unpaired) electrons. The normalized spacial score (nSPS) is 20.4. The lowest BCUT2D eigenvalue weighted by Crippen LogP contribution is -2.25. The molecule has 0 amide bonds. The Morgan fingerprint density at radius 3 is 3.00 bits per heavy atom. The molecule has 0 aliphatic carbocycles. The Morgan fingerprint density at radius 1 is 1.60 bits per heavy atom. The van der Waals surface area contributed by atoms with Gasteiger partial charge in [0.2, 0.25) is 0 Å². The van der Waals surface area contributed by atoms with E-state index < -0.39 is 0 Å². The van der Waals surface area contributed by atoms with E-state index in [0.717, 1.165) is 31.7 Å². The predicted octanol–water partition coefficient (Wildman–Crippen LogP) is 1.33. The standard InChI is InChI=1S/C11H19N3O/c1-9(10-2-4-15-5-3-10)14-8-13-7-11(14)6-12/h7-10H,2-6,12H2,1H3. The molecule has 15 heavy (non-hydrogen) atoms. The molecular formula is C11H19N3O. The van der Waals surface area contributed by atoms with Crippen molar-refractivity contribution in [1.29, 1.82) is 0 Å². The van der Waals surface area contributed by atoms with Crippen LogP contribution in [0.15, 0.2) is 12.5 Å². The van der Waals surface area contributed by atoms with Crippen molar-refractivity contribution in [2.24, 2.45) is 11.7 Å². The fourth-order valence-electron chi connectivity index (χ4n) is 2.28. The number of ether oxygens (including phenoxy) is 1. The maximum atomic E-state index is 5.68. The minimum absolute atomic E-state index is 0.481. The fraction of sp³-hybridized carbons (Fsp3) is 0.727. The van der Waals surface area contributed by atoms with Gasteiger partial charge in [0.25, 0.3) is 0 Å². The van der Waals surface area contributed by atoms with Crippen LogP contribution in [0.1, 0.15) is 31.5 Å². The van der Waals surface area contributed by atoms with E-state index in [0.29, 0.717) is 18.5 Å². The Balaban J connectivity index is 2.08. The molecule has 0 saturated carbocycles. The zero-order valence-corrected chi connectivity index (χ0v) is 9.22. The Hall–Kier alpha value is -0.870. The molecule has 1 fully saturated rings.